The molecule has 3 N–H and O–H groups in total. The van der Waals surface area contributed by atoms with Crippen LogP contribution in [0.25, 0.3) is 10.8 Å². The fourth-order valence-electron chi connectivity index (χ4n) is 2.48. The van der Waals surface area contributed by atoms with Crippen molar-refractivity contribution < 1.29 is 0 Å². The molecule has 0 bridgehead atoms. The normalized spacial score (nSPS) is 10.7. The highest BCUT2D eigenvalue weighted by Gasteiger charge is 2.06. The van der Waals surface area contributed by atoms with Gasteiger partial charge in [-0.1, -0.05) is 19.1 Å². The summed E-state index contributed by atoms with van der Waals surface area (Å²) in [6.45, 7) is 2.81. The van der Waals surface area contributed by atoms with Crippen molar-refractivity contribution in [3.63, 3.8) is 0 Å². The van der Waals surface area contributed by atoms with E-state index < -0.39 is 0 Å². The molecule has 0 aliphatic rings. The third kappa shape index (κ3) is 2.65. The van der Waals surface area contributed by atoms with E-state index in [4.69, 9.17) is 5.73 Å². The summed E-state index contributed by atoms with van der Waals surface area (Å²) < 4.78 is 0. The molecule has 0 amide bonds. The van der Waals surface area contributed by atoms with Gasteiger partial charge in [-0.25, -0.2) is 0 Å². The lowest BCUT2D eigenvalue weighted by molar-refractivity contribution is 0.972. The molecule has 0 aliphatic carbocycles. The van der Waals surface area contributed by atoms with Gasteiger partial charge in [0, 0.05) is 29.4 Å². The average molecular weight is 278 g/mol. The van der Waals surface area contributed by atoms with Crippen LogP contribution in [0, 0.1) is 0 Å². The van der Waals surface area contributed by atoms with Crippen molar-refractivity contribution in [1.82, 2.24) is 9.97 Å². The number of fused-ring (bicyclic) bond motifs is 1. The van der Waals surface area contributed by atoms with Crippen LogP contribution in [0.15, 0.2) is 48.9 Å². The fourth-order valence-corrected chi connectivity index (χ4v) is 2.48. The van der Waals surface area contributed by atoms with Gasteiger partial charge in [0.15, 0.2) is 0 Å². The molecule has 1 aromatic carbocycles. The van der Waals surface area contributed by atoms with Gasteiger partial charge in [-0.15, -0.1) is 0 Å². The minimum absolute atomic E-state index is 0.671. The SMILES string of the molecule is CCc1cccnc1CNc1ccc2cnccc2c1N. The summed E-state index contributed by atoms with van der Waals surface area (Å²) in [7, 11) is 0. The lowest BCUT2D eigenvalue weighted by atomic mass is 10.1. The molecule has 0 radical (unpaired) electrons. The number of nitrogens with one attached hydrogen (secondary N) is 1. The van der Waals surface area contributed by atoms with Crippen molar-refractivity contribution >= 4 is 22.1 Å². The number of pyridine rings is 2. The first-order valence-corrected chi connectivity index (χ1v) is 7.08. The highest BCUT2D eigenvalue weighted by Crippen LogP contribution is 2.28. The zero-order valence-corrected chi connectivity index (χ0v) is 12.0. The predicted octanol–water partition coefficient (Wildman–Crippen LogP) is 3.39. The molecule has 2 aromatic heterocycles. The lowest BCUT2D eigenvalue weighted by Crippen LogP contribution is -2.06. The van der Waals surface area contributed by atoms with E-state index in [0.29, 0.717) is 6.54 Å². The van der Waals surface area contributed by atoms with Gasteiger partial charge in [0.05, 0.1) is 23.6 Å². The number of aromatic nitrogens is 2. The van der Waals surface area contributed by atoms with E-state index in [1.807, 2.05) is 36.7 Å². The van der Waals surface area contributed by atoms with Crippen molar-refractivity contribution in [2.75, 3.05) is 11.1 Å². The fraction of sp³-hybridized carbons (Fsp3) is 0.176. The van der Waals surface area contributed by atoms with Crippen LogP contribution in [0.5, 0.6) is 0 Å². The highest BCUT2D eigenvalue weighted by atomic mass is 14.9. The topological polar surface area (TPSA) is 63.8 Å². The zero-order chi connectivity index (χ0) is 14.7. The van der Waals surface area contributed by atoms with Crippen LogP contribution in [0.2, 0.25) is 0 Å². The minimum Gasteiger partial charge on any atom is -0.397 e. The number of hydrogen-bond acceptors (Lipinski definition) is 4. The van der Waals surface area contributed by atoms with E-state index in [-0.39, 0.29) is 0 Å². The Bertz CT molecular complexity index is 768. The van der Waals surface area contributed by atoms with Gasteiger partial charge in [0.2, 0.25) is 0 Å². The van der Waals surface area contributed by atoms with Crippen molar-refractivity contribution in [3.8, 4) is 0 Å². The highest BCUT2D eigenvalue weighted by molar-refractivity contribution is 5.98. The van der Waals surface area contributed by atoms with Gasteiger partial charge < -0.3 is 11.1 Å². The smallest absolute Gasteiger partial charge is 0.0630 e. The molecule has 4 nitrogen and oxygen atoms in total. The first-order valence-electron chi connectivity index (χ1n) is 7.08. The largest absolute Gasteiger partial charge is 0.397 e. The van der Waals surface area contributed by atoms with E-state index >= 15 is 0 Å². The summed E-state index contributed by atoms with van der Waals surface area (Å²) in [5, 5.41) is 5.46. The number of aryl methyl sites for hydroxylation is 1. The lowest BCUT2D eigenvalue weighted by Gasteiger charge is -2.12. The first-order chi connectivity index (χ1) is 10.3. The molecule has 21 heavy (non-hydrogen) atoms. The van der Waals surface area contributed by atoms with E-state index in [1.165, 1.54) is 5.56 Å². The van der Waals surface area contributed by atoms with E-state index in [2.05, 4.69) is 28.3 Å². The molecule has 0 aliphatic heterocycles. The monoisotopic (exact) mass is 278 g/mol. The van der Waals surface area contributed by atoms with Crippen LogP contribution >= 0.6 is 0 Å². The Morgan fingerprint density at radius 1 is 1.14 bits per heavy atom. The minimum atomic E-state index is 0.671. The predicted molar refractivity (Wildman–Crippen MR) is 87.1 cm³/mol. The third-order valence-corrected chi connectivity index (χ3v) is 3.67. The number of benzene rings is 1. The second-order valence-electron chi connectivity index (χ2n) is 4.94. The Morgan fingerprint density at radius 3 is 2.90 bits per heavy atom. The Hall–Kier alpha value is -2.62. The van der Waals surface area contributed by atoms with Gasteiger partial charge >= 0.3 is 0 Å². The van der Waals surface area contributed by atoms with Crippen LogP contribution in [0.1, 0.15) is 18.2 Å². The maximum Gasteiger partial charge on any atom is 0.0630 e. The van der Waals surface area contributed by atoms with Gasteiger partial charge in [0.1, 0.15) is 0 Å². The number of rotatable bonds is 4. The van der Waals surface area contributed by atoms with Crippen LogP contribution < -0.4 is 11.1 Å². The van der Waals surface area contributed by atoms with Crippen LogP contribution in [0.4, 0.5) is 11.4 Å². The van der Waals surface area contributed by atoms with Crippen LogP contribution in [-0.2, 0) is 13.0 Å². The average Bonchev–Trinajstić information content (AvgIpc) is 2.55. The Morgan fingerprint density at radius 2 is 2.05 bits per heavy atom. The summed E-state index contributed by atoms with van der Waals surface area (Å²) in [6, 6.07) is 10.0. The first kappa shape index (κ1) is 13.4. The summed E-state index contributed by atoms with van der Waals surface area (Å²) in [5.41, 5.74) is 10.3. The van der Waals surface area contributed by atoms with Crippen molar-refractivity contribution in [2.45, 2.75) is 19.9 Å². The molecular formula is C17H18N4. The number of hydrogen-bond donors (Lipinski definition) is 2. The molecule has 2 heterocycles. The molecule has 0 fully saturated rings. The molecule has 0 saturated heterocycles. The van der Waals surface area contributed by atoms with Gasteiger partial charge in [0.25, 0.3) is 0 Å². The Labute approximate surface area is 124 Å². The van der Waals surface area contributed by atoms with E-state index in [9.17, 15) is 0 Å². The van der Waals surface area contributed by atoms with Gasteiger partial charge in [-0.3, -0.25) is 9.97 Å². The quantitative estimate of drug-likeness (QED) is 0.718. The molecule has 3 rings (SSSR count). The molecule has 0 unspecified atom stereocenters. The number of nitrogens with zero attached hydrogens (tertiary/aromatic N) is 2. The molecular weight excluding hydrogens is 260 g/mol. The summed E-state index contributed by atoms with van der Waals surface area (Å²) in [5.74, 6) is 0. The van der Waals surface area contributed by atoms with Crippen molar-refractivity contribution in [2.24, 2.45) is 0 Å². The number of nitrogens with two attached hydrogens (primary N) is 1. The molecule has 0 atom stereocenters. The van der Waals surface area contributed by atoms with Gasteiger partial charge in [-0.2, -0.15) is 0 Å². The zero-order valence-electron chi connectivity index (χ0n) is 12.0. The Balaban J connectivity index is 1.87. The molecule has 4 heteroatoms. The van der Waals surface area contributed by atoms with E-state index in [1.54, 1.807) is 6.20 Å². The Kier molecular flexibility index (Phi) is 3.69. The van der Waals surface area contributed by atoms with Crippen LogP contribution in [-0.4, -0.2) is 9.97 Å². The summed E-state index contributed by atoms with van der Waals surface area (Å²) in [4.78, 5) is 8.56. The molecule has 0 saturated carbocycles. The van der Waals surface area contributed by atoms with Crippen LogP contribution in [0.3, 0.4) is 0 Å². The third-order valence-electron chi connectivity index (χ3n) is 3.67. The van der Waals surface area contributed by atoms with E-state index in [0.717, 1.165) is 34.3 Å². The summed E-state index contributed by atoms with van der Waals surface area (Å²) >= 11 is 0. The molecule has 106 valence electrons. The van der Waals surface area contributed by atoms with Crippen molar-refractivity contribution in [1.29, 1.82) is 0 Å². The maximum atomic E-state index is 6.24. The number of nitrogen functional groups attached to an aromatic ring is 1. The molecule has 3 aromatic rings. The second-order valence-corrected chi connectivity index (χ2v) is 4.94. The standard InChI is InChI=1S/C17H18N4/c1-2-12-4-3-8-20-16(12)11-21-15-6-5-13-10-19-9-7-14(13)17(15)18/h3-10,21H,2,11,18H2,1H3. The summed E-state index contributed by atoms with van der Waals surface area (Å²) in [6.07, 6.45) is 6.38. The maximum absolute atomic E-state index is 6.24. The molecule has 0 spiro atoms. The van der Waals surface area contributed by atoms with Gasteiger partial charge in [-0.05, 0) is 30.2 Å². The van der Waals surface area contributed by atoms with Crippen molar-refractivity contribution in [3.05, 3.63) is 60.2 Å². The number of anilines is 2. The second kappa shape index (κ2) is 5.79.